The molecule has 0 bridgehead atoms. The minimum Gasteiger partial charge on any atom is -0.399 e. The van der Waals surface area contributed by atoms with Gasteiger partial charge in [0.15, 0.2) is 0 Å². The summed E-state index contributed by atoms with van der Waals surface area (Å²) in [6.45, 7) is 4.06. The summed E-state index contributed by atoms with van der Waals surface area (Å²) in [7, 11) is 0. The fourth-order valence-electron chi connectivity index (χ4n) is 1.77. The molecule has 0 amide bonds. The van der Waals surface area contributed by atoms with E-state index in [2.05, 4.69) is 15.3 Å². The maximum atomic E-state index is 11.9. The van der Waals surface area contributed by atoms with Gasteiger partial charge >= 0.3 is 0 Å². The fraction of sp³-hybridized carbons (Fsp3) is 0.385. The van der Waals surface area contributed by atoms with Crippen LogP contribution < -0.4 is 16.6 Å². The van der Waals surface area contributed by atoms with Gasteiger partial charge in [0.1, 0.15) is 0 Å². The fourth-order valence-corrected chi connectivity index (χ4v) is 1.77. The summed E-state index contributed by atoms with van der Waals surface area (Å²) in [6.07, 6.45) is 0.858. The van der Waals surface area contributed by atoms with E-state index < -0.39 is 0 Å². The number of nitrogens with one attached hydrogen (secondary N) is 2. The second-order valence-electron chi connectivity index (χ2n) is 4.17. The summed E-state index contributed by atoms with van der Waals surface area (Å²) >= 11 is 0. The van der Waals surface area contributed by atoms with Crippen molar-refractivity contribution < 1.29 is 4.74 Å². The Hall–Kier alpha value is -2.08. The molecule has 1 aromatic heterocycles. The van der Waals surface area contributed by atoms with Gasteiger partial charge in [0.05, 0.1) is 10.9 Å². The second kappa shape index (κ2) is 6.19. The lowest BCUT2D eigenvalue weighted by Gasteiger charge is -2.06. The third-order valence-electron chi connectivity index (χ3n) is 2.69. The van der Waals surface area contributed by atoms with Gasteiger partial charge in [0, 0.05) is 25.4 Å². The van der Waals surface area contributed by atoms with Crippen molar-refractivity contribution in [3.05, 3.63) is 28.6 Å². The average Bonchev–Trinajstić information content (AvgIpc) is 2.39. The highest BCUT2D eigenvalue weighted by atomic mass is 16.5. The first kappa shape index (κ1) is 13.4. The predicted molar refractivity (Wildman–Crippen MR) is 76.4 cm³/mol. The highest BCUT2D eigenvalue weighted by Gasteiger charge is 2.03. The Labute approximate surface area is 111 Å². The molecule has 0 radical (unpaired) electrons. The molecule has 0 saturated heterocycles. The van der Waals surface area contributed by atoms with Gasteiger partial charge in [-0.3, -0.25) is 9.78 Å². The Morgan fingerprint density at radius 1 is 1.47 bits per heavy atom. The molecular formula is C13H18N4O2. The molecule has 6 nitrogen and oxygen atoms in total. The average molecular weight is 262 g/mol. The maximum absolute atomic E-state index is 11.9. The van der Waals surface area contributed by atoms with Gasteiger partial charge in [-0.15, -0.1) is 0 Å². The van der Waals surface area contributed by atoms with E-state index in [1.54, 1.807) is 18.2 Å². The summed E-state index contributed by atoms with van der Waals surface area (Å²) in [6, 6.07) is 5.10. The van der Waals surface area contributed by atoms with Gasteiger partial charge in [-0.1, -0.05) is 0 Å². The Bertz CT molecular complexity index is 609. The first-order valence-corrected chi connectivity index (χ1v) is 6.32. The van der Waals surface area contributed by atoms with Crippen molar-refractivity contribution in [1.82, 2.24) is 9.97 Å². The smallest absolute Gasteiger partial charge is 0.260 e. The van der Waals surface area contributed by atoms with E-state index in [1.165, 1.54) is 0 Å². The monoisotopic (exact) mass is 262 g/mol. The zero-order chi connectivity index (χ0) is 13.7. The van der Waals surface area contributed by atoms with Crippen LogP contribution in [0.3, 0.4) is 0 Å². The number of nitrogens with zero attached hydrogens (tertiary/aromatic N) is 1. The summed E-state index contributed by atoms with van der Waals surface area (Å²) < 4.78 is 5.23. The number of nitrogen functional groups attached to an aromatic ring is 1. The number of hydrogen-bond acceptors (Lipinski definition) is 5. The number of rotatable bonds is 6. The van der Waals surface area contributed by atoms with Crippen LogP contribution in [0.4, 0.5) is 11.6 Å². The van der Waals surface area contributed by atoms with Crippen molar-refractivity contribution in [3.63, 3.8) is 0 Å². The Balaban J connectivity index is 2.08. The number of hydrogen-bond donors (Lipinski definition) is 3. The van der Waals surface area contributed by atoms with Crippen LogP contribution in [0.5, 0.6) is 0 Å². The number of anilines is 2. The standard InChI is InChI=1S/C13H18N4O2/c1-2-19-7-3-6-15-13-16-11-5-4-9(14)8-10(11)12(18)17-13/h4-5,8H,2-3,6-7,14H2,1H3,(H2,15,16,17,18). The third-order valence-corrected chi connectivity index (χ3v) is 2.69. The van der Waals surface area contributed by atoms with Crippen LogP contribution in [0.15, 0.2) is 23.0 Å². The molecule has 102 valence electrons. The van der Waals surface area contributed by atoms with Crippen LogP contribution in [0.1, 0.15) is 13.3 Å². The lowest BCUT2D eigenvalue weighted by Crippen LogP contribution is -2.15. The van der Waals surface area contributed by atoms with Crippen molar-refractivity contribution >= 4 is 22.5 Å². The molecule has 2 rings (SSSR count). The van der Waals surface area contributed by atoms with Crippen LogP contribution in [-0.2, 0) is 4.74 Å². The first-order valence-electron chi connectivity index (χ1n) is 6.32. The van der Waals surface area contributed by atoms with Gasteiger partial charge in [0.2, 0.25) is 5.95 Å². The molecule has 4 N–H and O–H groups in total. The quantitative estimate of drug-likeness (QED) is 0.539. The SMILES string of the molecule is CCOCCCNc1nc2ccc(N)cc2c(=O)[nH]1. The summed E-state index contributed by atoms with van der Waals surface area (Å²) in [5, 5.41) is 3.57. The van der Waals surface area contributed by atoms with Crippen molar-refractivity contribution in [2.75, 3.05) is 30.8 Å². The van der Waals surface area contributed by atoms with Crippen molar-refractivity contribution in [2.45, 2.75) is 13.3 Å². The number of aromatic amines is 1. The van der Waals surface area contributed by atoms with Crippen molar-refractivity contribution in [1.29, 1.82) is 0 Å². The molecule has 0 fully saturated rings. The number of nitrogens with two attached hydrogens (primary N) is 1. The maximum Gasteiger partial charge on any atom is 0.260 e. The number of aromatic nitrogens is 2. The van der Waals surface area contributed by atoms with E-state index in [9.17, 15) is 4.79 Å². The zero-order valence-electron chi connectivity index (χ0n) is 10.9. The summed E-state index contributed by atoms with van der Waals surface area (Å²) in [5.41, 5.74) is 6.64. The summed E-state index contributed by atoms with van der Waals surface area (Å²) in [5.74, 6) is 0.471. The van der Waals surface area contributed by atoms with Crippen LogP contribution >= 0.6 is 0 Å². The number of fused-ring (bicyclic) bond motifs is 1. The van der Waals surface area contributed by atoms with Crippen LogP contribution in [0, 0.1) is 0 Å². The van der Waals surface area contributed by atoms with Crippen molar-refractivity contribution in [2.24, 2.45) is 0 Å². The molecule has 1 aromatic carbocycles. The number of benzene rings is 1. The molecule has 0 spiro atoms. The van der Waals surface area contributed by atoms with Gasteiger partial charge < -0.3 is 15.8 Å². The predicted octanol–water partition coefficient (Wildman–Crippen LogP) is 1.34. The minimum atomic E-state index is -0.190. The molecule has 0 aliphatic rings. The van der Waals surface area contributed by atoms with E-state index in [1.807, 2.05) is 6.92 Å². The van der Waals surface area contributed by atoms with E-state index in [0.29, 0.717) is 42.3 Å². The summed E-state index contributed by atoms with van der Waals surface area (Å²) in [4.78, 5) is 18.9. The van der Waals surface area contributed by atoms with E-state index in [-0.39, 0.29) is 5.56 Å². The Morgan fingerprint density at radius 2 is 2.32 bits per heavy atom. The van der Waals surface area contributed by atoms with Crippen LogP contribution in [-0.4, -0.2) is 29.7 Å². The van der Waals surface area contributed by atoms with Crippen LogP contribution in [0.2, 0.25) is 0 Å². The van der Waals surface area contributed by atoms with Gasteiger partial charge in [-0.05, 0) is 31.5 Å². The van der Waals surface area contributed by atoms with Gasteiger partial charge in [-0.25, -0.2) is 4.98 Å². The zero-order valence-corrected chi connectivity index (χ0v) is 10.9. The molecule has 6 heteroatoms. The third kappa shape index (κ3) is 3.45. The van der Waals surface area contributed by atoms with E-state index in [4.69, 9.17) is 10.5 Å². The highest BCUT2D eigenvalue weighted by molar-refractivity contribution is 5.81. The highest BCUT2D eigenvalue weighted by Crippen LogP contribution is 2.12. The molecule has 19 heavy (non-hydrogen) atoms. The second-order valence-corrected chi connectivity index (χ2v) is 4.17. The van der Waals surface area contributed by atoms with Gasteiger partial charge in [-0.2, -0.15) is 0 Å². The normalized spacial score (nSPS) is 10.8. The minimum absolute atomic E-state index is 0.190. The number of ether oxygens (including phenoxy) is 1. The molecule has 0 aliphatic heterocycles. The molecule has 0 aliphatic carbocycles. The first-order chi connectivity index (χ1) is 9.20. The molecule has 0 unspecified atom stereocenters. The Kier molecular flexibility index (Phi) is 4.35. The Morgan fingerprint density at radius 3 is 3.11 bits per heavy atom. The van der Waals surface area contributed by atoms with E-state index >= 15 is 0 Å². The van der Waals surface area contributed by atoms with Crippen molar-refractivity contribution in [3.8, 4) is 0 Å². The van der Waals surface area contributed by atoms with E-state index in [0.717, 1.165) is 6.42 Å². The molecular weight excluding hydrogens is 244 g/mol. The molecule has 2 aromatic rings. The number of H-pyrrole nitrogens is 1. The lowest BCUT2D eigenvalue weighted by molar-refractivity contribution is 0.147. The molecule has 1 heterocycles. The topological polar surface area (TPSA) is 93.0 Å². The molecule has 0 atom stereocenters. The largest absolute Gasteiger partial charge is 0.399 e. The lowest BCUT2D eigenvalue weighted by atomic mass is 10.2. The van der Waals surface area contributed by atoms with Gasteiger partial charge in [0.25, 0.3) is 5.56 Å². The molecule has 0 saturated carbocycles. The van der Waals surface area contributed by atoms with Crippen LogP contribution in [0.25, 0.3) is 10.9 Å².